The van der Waals surface area contributed by atoms with Crippen molar-refractivity contribution in [3.05, 3.63) is 29.6 Å². The Hall–Kier alpha value is -1.76. The Kier molecular flexibility index (Phi) is 4.96. The molecule has 0 radical (unpaired) electrons. The molecule has 0 spiro atoms. The van der Waals surface area contributed by atoms with Crippen molar-refractivity contribution >= 4 is 5.91 Å². The maximum absolute atomic E-state index is 13.4. The molecule has 1 rings (SSSR count). The van der Waals surface area contributed by atoms with Crippen molar-refractivity contribution in [3.8, 4) is 5.75 Å². The summed E-state index contributed by atoms with van der Waals surface area (Å²) in [7, 11) is 2.65. The molecule has 0 unspecified atom stereocenters. The fourth-order valence-electron chi connectivity index (χ4n) is 1.17. The third-order valence-electron chi connectivity index (χ3n) is 2.10. The number of carbonyl (C=O) groups excluding carboxylic acids is 1. The topological polar surface area (TPSA) is 38.8 Å². The molecule has 0 aliphatic carbocycles. The second-order valence-corrected chi connectivity index (χ2v) is 3.33. The molecule has 0 saturated heterocycles. The molecule has 0 aromatic heterocycles. The highest BCUT2D eigenvalue weighted by Gasteiger charge is 2.15. The molecule has 0 aliphatic heterocycles. The van der Waals surface area contributed by atoms with Gasteiger partial charge in [-0.05, 0) is 18.2 Å². The highest BCUT2D eigenvalue weighted by atomic mass is 19.3. The minimum Gasteiger partial charge on any atom is -0.485 e. The summed E-state index contributed by atoms with van der Waals surface area (Å²) in [4.78, 5) is 16.2. The summed E-state index contributed by atoms with van der Waals surface area (Å²) < 4.78 is 41.8. The third-order valence-corrected chi connectivity index (χ3v) is 2.10. The van der Waals surface area contributed by atoms with Crippen LogP contribution < -0.4 is 4.74 Å². The zero-order valence-corrected chi connectivity index (χ0v) is 9.82. The van der Waals surface area contributed by atoms with Crippen LogP contribution in [0.4, 0.5) is 13.2 Å². The Morgan fingerprint density at radius 3 is 2.61 bits per heavy atom. The van der Waals surface area contributed by atoms with Crippen molar-refractivity contribution in [1.82, 2.24) is 5.06 Å². The average molecular weight is 263 g/mol. The first-order chi connectivity index (χ1) is 8.45. The molecule has 100 valence electrons. The monoisotopic (exact) mass is 263 g/mol. The number of ether oxygens (including phenoxy) is 1. The first-order valence-corrected chi connectivity index (χ1v) is 4.98. The molecule has 0 atom stereocenters. The molecule has 0 saturated carbocycles. The highest BCUT2D eigenvalue weighted by molar-refractivity contribution is 5.93. The fraction of sp³-hybridized carbons (Fsp3) is 0.364. The van der Waals surface area contributed by atoms with Crippen LogP contribution in [0.25, 0.3) is 0 Å². The smallest absolute Gasteiger partial charge is 0.277 e. The van der Waals surface area contributed by atoms with E-state index in [1.54, 1.807) is 0 Å². The lowest BCUT2D eigenvalue weighted by Crippen LogP contribution is -2.25. The van der Waals surface area contributed by atoms with Crippen LogP contribution in [0.3, 0.4) is 0 Å². The van der Waals surface area contributed by atoms with Crippen LogP contribution >= 0.6 is 0 Å². The number of carbonyl (C=O) groups is 1. The van der Waals surface area contributed by atoms with Gasteiger partial charge in [-0.25, -0.2) is 18.2 Å². The number of rotatable bonds is 5. The van der Waals surface area contributed by atoms with Gasteiger partial charge in [0, 0.05) is 12.6 Å². The molecule has 0 aliphatic rings. The Bertz CT molecular complexity index is 426. The lowest BCUT2D eigenvalue weighted by Gasteiger charge is -2.14. The molecular formula is C11H12F3NO3. The maximum atomic E-state index is 13.4. The summed E-state index contributed by atoms with van der Waals surface area (Å²) in [5, 5.41) is 0.911. The number of hydrogen-bond donors (Lipinski definition) is 0. The fourth-order valence-corrected chi connectivity index (χ4v) is 1.17. The van der Waals surface area contributed by atoms with E-state index < -0.39 is 24.8 Å². The van der Waals surface area contributed by atoms with E-state index in [2.05, 4.69) is 9.57 Å². The van der Waals surface area contributed by atoms with Gasteiger partial charge in [0.2, 0.25) is 0 Å². The van der Waals surface area contributed by atoms with Crippen LogP contribution in [0.1, 0.15) is 10.4 Å². The van der Waals surface area contributed by atoms with Crippen LogP contribution in [0.15, 0.2) is 18.2 Å². The largest absolute Gasteiger partial charge is 0.485 e. The van der Waals surface area contributed by atoms with E-state index in [4.69, 9.17) is 0 Å². The molecular weight excluding hydrogens is 251 g/mol. The number of benzene rings is 1. The molecule has 0 N–H and O–H groups in total. The lowest BCUT2D eigenvalue weighted by atomic mass is 10.2. The van der Waals surface area contributed by atoms with Crippen molar-refractivity contribution in [2.75, 3.05) is 20.8 Å². The van der Waals surface area contributed by atoms with Gasteiger partial charge in [-0.15, -0.1) is 0 Å². The normalized spacial score (nSPS) is 10.6. The second-order valence-electron chi connectivity index (χ2n) is 3.33. The van der Waals surface area contributed by atoms with Gasteiger partial charge in [0.15, 0.2) is 11.6 Å². The van der Waals surface area contributed by atoms with Gasteiger partial charge in [-0.2, -0.15) is 0 Å². The molecule has 7 heteroatoms. The molecule has 1 amide bonds. The summed E-state index contributed by atoms with van der Waals surface area (Å²) >= 11 is 0. The predicted molar refractivity (Wildman–Crippen MR) is 57.0 cm³/mol. The minimum atomic E-state index is -2.69. The van der Waals surface area contributed by atoms with Gasteiger partial charge in [0.1, 0.15) is 6.61 Å². The summed E-state index contributed by atoms with van der Waals surface area (Å²) in [5.41, 5.74) is 0.0289. The van der Waals surface area contributed by atoms with E-state index in [-0.39, 0.29) is 11.3 Å². The first kappa shape index (κ1) is 14.3. The Balaban J connectivity index is 2.82. The first-order valence-electron chi connectivity index (χ1n) is 4.98. The van der Waals surface area contributed by atoms with Gasteiger partial charge in [0.25, 0.3) is 12.3 Å². The van der Waals surface area contributed by atoms with Crippen molar-refractivity contribution < 1.29 is 27.5 Å². The van der Waals surface area contributed by atoms with Crippen LogP contribution in [-0.4, -0.2) is 38.2 Å². The number of hydroxylamine groups is 2. The van der Waals surface area contributed by atoms with E-state index in [9.17, 15) is 18.0 Å². The lowest BCUT2D eigenvalue weighted by molar-refractivity contribution is -0.0757. The van der Waals surface area contributed by atoms with Gasteiger partial charge in [0.05, 0.1) is 7.11 Å². The van der Waals surface area contributed by atoms with Gasteiger partial charge < -0.3 is 4.74 Å². The van der Waals surface area contributed by atoms with Crippen molar-refractivity contribution in [1.29, 1.82) is 0 Å². The Morgan fingerprint density at radius 1 is 1.44 bits per heavy atom. The second kappa shape index (κ2) is 6.25. The SMILES string of the molecule is CON(C)C(=O)c1ccc(OCC(F)F)c(F)c1. The Morgan fingerprint density at radius 2 is 2.11 bits per heavy atom. The highest BCUT2D eigenvalue weighted by Crippen LogP contribution is 2.19. The summed E-state index contributed by atoms with van der Waals surface area (Å²) in [6, 6.07) is 3.29. The number of nitrogens with zero attached hydrogens (tertiary/aromatic N) is 1. The zero-order valence-electron chi connectivity index (χ0n) is 9.82. The molecule has 0 bridgehead atoms. The molecule has 1 aromatic rings. The van der Waals surface area contributed by atoms with E-state index in [1.165, 1.54) is 20.2 Å². The van der Waals surface area contributed by atoms with Crippen LogP contribution in [-0.2, 0) is 4.84 Å². The van der Waals surface area contributed by atoms with E-state index in [0.717, 1.165) is 17.2 Å². The minimum absolute atomic E-state index is 0.0289. The van der Waals surface area contributed by atoms with Crippen LogP contribution in [0.5, 0.6) is 5.75 Å². The summed E-state index contributed by atoms with van der Waals surface area (Å²) in [5.74, 6) is -1.77. The van der Waals surface area contributed by atoms with Gasteiger partial charge >= 0.3 is 0 Å². The van der Waals surface area contributed by atoms with E-state index in [0.29, 0.717) is 0 Å². The molecule has 1 aromatic carbocycles. The van der Waals surface area contributed by atoms with E-state index >= 15 is 0 Å². The van der Waals surface area contributed by atoms with Crippen molar-refractivity contribution in [2.24, 2.45) is 0 Å². The summed E-state index contributed by atoms with van der Waals surface area (Å²) in [6.07, 6.45) is -2.69. The Labute approximate surface area is 102 Å². The van der Waals surface area contributed by atoms with Gasteiger partial charge in [-0.3, -0.25) is 9.63 Å². The van der Waals surface area contributed by atoms with Gasteiger partial charge in [-0.1, -0.05) is 0 Å². The standard InChI is InChI=1S/C11H12F3NO3/c1-15(17-2)11(16)7-3-4-9(8(12)5-7)18-6-10(13)14/h3-5,10H,6H2,1-2H3. The third kappa shape index (κ3) is 3.63. The quantitative estimate of drug-likeness (QED) is 0.764. The van der Waals surface area contributed by atoms with Crippen LogP contribution in [0.2, 0.25) is 0 Å². The number of halogens is 3. The molecule has 0 heterocycles. The summed E-state index contributed by atoms with van der Waals surface area (Å²) in [6.45, 7) is -0.901. The maximum Gasteiger partial charge on any atom is 0.277 e. The number of amides is 1. The van der Waals surface area contributed by atoms with Crippen LogP contribution in [0, 0.1) is 5.82 Å². The van der Waals surface area contributed by atoms with Crippen molar-refractivity contribution in [3.63, 3.8) is 0 Å². The predicted octanol–water partition coefficient (Wildman–Crippen LogP) is 2.10. The van der Waals surface area contributed by atoms with E-state index in [1.807, 2.05) is 0 Å². The average Bonchev–Trinajstić information content (AvgIpc) is 2.35. The number of alkyl halides is 2. The van der Waals surface area contributed by atoms with Crippen molar-refractivity contribution in [2.45, 2.75) is 6.43 Å². The molecule has 0 fully saturated rings. The molecule has 18 heavy (non-hydrogen) atoms. The molecule has 4 nitrogen and oxygen atoms in total. The zero-order chi connectivity index (χ0) is 13.7. The number of hydrogen-bond acceptors (Lipinski definition) is 3.